The van der Waals surface area contributed by atoms with Gasteiger partial charge in [-0.3, -0.25) is 0 Å². The van der Waals surface area contributed by atoms with Gasteiger partial charge in [-0.1, -0.05) is 43.1 Å². The van der Waals surface area contributed by atoms with E-state index < -0.39 is 0 Å². The van der Waals surface area contributed by atoms with Gasteiger partial charge in [-0.25, -0.2) is 0 Å². The van der Waals surface area contributed by atoms with Crippen molar-refractivity contribution in [3.8, 4) is 0 Å². The lowest BCUT2D eigenvalue weighted by molar-refractivity contribution is 0.0972. The van der Waals surface area contributed by atoms with E-state index in [1.807, 2.05) is 18.2 Å². The molecule has 0 saturated carbocycles. The summed E-state index contributed by atoms with van der Waals surface area (Å²) in [5, 5.41) is 1.34. The second kappa shape index (κ2) is 5.59. The minimum Gasteiger partial charge on any atom is -0.376 e. The number of rotatable bonds is 4. The van der Waals surface area contributed by atoms with Crippen molar-refractivity contribution in [1.29, 1.82) is 0 Å². The van der Waals surface area contributed by atoms with E-state index in [-0.39, 0.29) is 0 Å². The van der Waals surface area contributed by atoms with Crippen molar-refractivity contribution in [2.75, 3.05) is 6.61 Å². The monoisotopic (exact) mass is 232 g/mol. The maximum Gasteiger partial charge on any atom is 0.0746 e. The molecule has 0 amide bonds. The van der Waals surface area contributed by atoms with Crippen LogP contribution in [-0.2, 0) is 11.3 Å². The Hall–Kier alpha value is -0.240. The van der Waals surface area contributed by atoms with Gasteiger partial charge in [-0.2, -0.15) is 0 Å². The van der Waals surface area contributed by atoms with Crippen LogP contribution in [0.25, 0.3) is 0 Å². The Labute approximate surface area is 95.0 Å². The van der Waals surface area contributed by atoms with E-state index in [0.717, 1.165) is 12.2 Å². The highest BCUT2D eigenvalue weighted by atomic mass is 35.5. The number of ether oxygens (including phenoxy) is 1. The molecule has 3 heteroatoms. The summed E-state index contributed by atoms with van der Waals surface area (Å²) in [7, 11) is 0. The molecule has 0 atom stereocenters. The molecule has 14 heavy (non-hydrogen) atoms. The van der Waals surface area contributed by atoms with Crippen LogP contribution in [0.15, 0.2) is 18.2 Å². The Bertz CT molecular complexity index is 277. The van der Waals surface area contributed by atoms with Gasteiger partial charge in [0.15, 0.2) is 0 Å². The van der Waals surface area contributed by atoms with Crippen LogP contribution in [0.5, 0.6) is 0 Å². The second-order valence-corrected chi connectivity index (χ2v) is 4.42. The Morgan fingerprint density at radius 1 is 1.21 bits per heavy atom. The Kier molecular flexibility index (Phi) is 4.73. The van der Waals surface area contributed by atoms with Gasteiger partial charge in [0.1, 0.15) is 0 Å². The highest BCUT2D eigenvalue weighted by Crippen LogP contribution is 2.24. The number of benzene rings is 1. The molecule has 0 radical (unpaired) electrons. The second-order valence-electron chi connectivity index (χ2n) is 3.61. The zero-order valence-electron chi connectivity index (χ0n) is 8.39. The molecule has 0 saturated heterocycles. The summed E-state index contributed by atoms with van der Waals surface area (Å²) in [6.45, 7) is 5.42. The van der Waals surface area contributed by atoms with Crippen LogP contribution in [0, 0.1) is 5.92 Å². The van der Waals surface area contributed by atoms with Crippen LogP contribution in [-0.4, -0.2) is 6.61 Å². The topological polar surface area (TPSA) is 9.23 Å². The van der Waals surface area contributed by atoms with Crippen molar-refractivity contribution in [2.24, 2.45) is 5.92 Å². The van der Waals surface area contributed by atoms with Crippen LogP contribution in [0.2, 0.25) is 10.0 Å². The summed E-state index contributed by atoms with van der Waals surface area (Å²) in [4.78, 5) is 0. The molecule has 1 nitrogen and oxygen atoms in total. The van der Waals surface area contributed by atoms with Crippen molar-refractivity contribution in [3.63, 3.8) is 0 Å². The fourth-order valence-corrected chi connectivity index (χ4v) is 1.57. The van der Waals surface area contributed by atoms with E-state index >= 15 is 0 Å². The average Bonchev–Trinajstić information content (AvgIpc) is 2.09. The third-order valence-corrected chi connectivity index (χ3v) is 2.47. The Morgan fingerprint density at radius 3 is 2.29 bits per heavy atom. The molecule has 0 fully saturated rings. The first-order valence-electron chi connectivity index (χ1n) is 4.62. The smallest absolute Gasteiger partial charge is 0.0746 e. The molecule has 1 rings (SSSR count). The molecule has 0 aliphatic rings. The van der Waals surface area contributed by atoms with Gasteiger partial charge < -0.3 is 4.74 Å². The largest absolute Gasteiger partial charge is 0.376 e. The lowest BCUT2D eigenvalue weighted by Crippen LogP contribution is -2.02. The third kappa shape index (κ3) is 3.49. The standard InChI is InChI=1S/C11H14Cl2O/c1-8(2)6-14-7-9-10(12)4-3-5-11(9)13/h3-5,8H,6-7H2,1-2H3. The predicted octanol–water partition coefficient (Wildman–Crippen LogP) is 4.17. The Balaban J connectivity index is 2.58. The molecule has 0 heterocycles. The lowest BCUT2D eigenvalue weighted by atomic mass is 10.2. The first-order valence-corrected chi connectivity index (χ1v) is 5.37. The molecular formula is C11H14Cl2O. The molecule has 0 aromatic heterocycles. The highest BCUT2D eigenvalue weighted by Gasteiger charge is 2.05. The molecule has 78 valence electrons. The van der Waals surface area contributed by atoms with E-state index in [2.05, 4.69) is 13.8 Å². The molecule has 0 bridgehead atoms. The summed E-state index contributed by atoms with van der Waals surface area (Å²) >= 11 is 12.0. The summed E-state index contributed by atoms with van der Waals surface area (Å²) < 4.78 is 5.47. The van der Waals surface area contributed by atoms with Crippen LogP contribution in [0.4, 0.5) is 0 Å². The molecular weight excluding hydrogens is 219 g/mol. The van der Waals surface area contributed by atoms with E-state index in [4.69, 9.17) is 27.9 Å². The van der Waals surface area contributed by atoms with Gasteiger partial charge in [0, 0.05) is 22.2 Å². The van der Waals surface area contributed by atoms with Crippen LogP contribution >= 0.6 is 23.2 Å². The zero-order valence-corrected chi connectivity index (χ0v) is 9.90. The molecule has 1 aromatic carbocycles. The normalized spacial score (nSPS) is 10.9. The maximum absolute atomic E-state index is 5.98. The van der Waals surface area contributed by atoms with Gasteiger partial charge in [0.05, 0.1) is 6.61 Å². The number of halogens is 2. The molecule has 0 aliphatic heterocycles. The quantitative estimate of drug-likeness (QED) is 0.758. The minimum atomic E-state index is 0.483. The highest BCUT2D eigenvalue weighted by molar-refractivity contribution is 6.35. The Morgan fingerprint density at radius 2 is 1.79 bits per heavy atom. The molecule has 0 spiro atoms. The van der Waals surface area contributed by atoms with Gasteiger partial charge in [0.2, 0.25) is 0 Å². The fourth-order valence-electron chi connectivity index (χ4n) is 1.07. The van der Waals surface area contributed by atoms with Gasteiger partial charge in [0.25, 0.3) is 0 Å². The van der Waals surface area contributed by atoms with E-state index in [1.54, 1.807) is 0 Å². The first kappa shape index (κ1) is 11.8. The van der Waals surface area contributed by atoms with Crippen LogP contribution in [0.1, 0.15) is 19.4 Å². The van der Waals surface area contributed by atoms with Gasteiger partial charge in [-0.15, -0.1) is 0 Å². The average molecular weight is 233 g/mol. The van der Waals surface area contributed by atoms with Crippen molar-refractivity contribution in [3.05, 3.63) is 33.8 Å². The minimum absolute atomic E-state index is 0.483. The third-order valence-electron chi connectivity index (χ3n) is 1.76. The van der Waals surface area contributed by atoms with Crippen molar-refractivity contribution in [1.82, 2.24) is 0 Å². The number of hydrogen-bond donors (Lipinski definition) is 0. The first-order chi connectivity index (χ1) is 6.61. The maximum atomic E-state index is 5.98. The number of hydrogen-bond acceptors (Lipinski definition) is 1. The van der Waals surface area contributed by atoms with Crippen molar-refractivity contribution >= 4 is 23.2 Å². The summed E-state index contributed by atoms with van der Waals surface area (Å²) in [6.07, 6.45) is 0. The van der Waals surface area contributed by atoms with Gasteiger partial charge in [-0.05, 0) is 18.1 Å². The summed E-state index contributed by atoms with van der Waals surface area (Å²) in [6, 6.07) is 5.47. The summed E-state index contributed by atoms with van der Waals surface area (Å²) in [5.74, 6) is 0.524. The van der Waals surface area contributed by atoms with Crippen LogP contribution in [0.3, 0.4) is 0 Å². The zero-order chi connectivity index (χ0) is 10.6. The fraction of sp³-hybridized carbons (Fsp3) is 0.455. The van der Waals surface area contributed by atoms with Gasteiger partial charge >= 0.3 is 0 Å². The van der Waals surface area contributed by atoms with Crippen molar-refractivity contribution in [2.45, 2.75) is 20.5 Å². The van der Waals surface area contributed by atoms with Crippen LogP contribution < -0.4 is 0 Å². The predicted molar refractivity (Wildman–Crippen MR) is 61.0 cm³/mol. The lowest BCUT2D eigenvalue weighted by Gasteiger charge is -2.09. The molecule has 1 aromatic rings. The summed E-state index contributed by atoms with van der Waals surface area (Å²) in [5.41, 5.74) is 0.872. The molecule has 0 aliphatic carbocycles. The van der Waals surface area contributed by atoms with E-state index in [0.29, 0.717) is 22.6 Å². The van der Waals surface area contributed by atoms with Crippen molar-refractivity contribution < 1.29 is 4.74 Å². The molecule has 0 N–H and O–H groups in total. The SMILES string of the molecule is CC(C)COCc1c(Cl)cccc1Cl. The van der Waals surface area contributed by atoms with E-state index in [1.165, 1.54) is 0 Å². The molecule has 0 unspecified atom stereocenters. The van der Waals surface area contributed by atoms with E-state index in [9.17, 15) is 0 Å².